The van der Waals surface area contributed by atoms with E-state index >= 15 is 0 Å². The van der Waals surface area contributed by atoms with Crippen LogP contribution in [0.15, 0.2) is 24.3 Å². The average Bonchev–Trinajstić information content (AvgIpc) is 2.36. The predicted octanol–water partition coefficient (Wildman–Crippen LogP) is 2.37. The molecule has 0 saturated heterocycles. The summed E-state index contributed by atoms with van der Waals surface area (Å²) in [6.07, 6.45) is 0.758. The normalized spacial score (nSPS) is 9.94. The van der Waals surface area contributed by atoms with Gasteiger partial charge in [0.2, 0.25) is 0 Å². The molecular weight excluding hydrogens is 254 g/mol. The van der Waals surface area contributed by atoms with E-state index in [4.69, 9.17) is 16.3 Å². The number of rotatable bonds is 5. The van der Waals surface area contributed by atoms with Crippen molar-refractivity contribution < 1.29 is 14.3 Å². The second kappa shape index (κ2) is 7.01. The van der Waals surface area contributed by atoms with Gasteiger partial charge in [-0.3, -0.25) is 9.59 Å². The Kier molecular flexibility index (Phi) is 5.65. The molecule has 0 heterocycles. The van der Waals surface area contributed by atoms with Crippen molar-refractivity contribution in [3.8, 4) is 0 Å². The van der Waals surface area contributed by atoms with Crippen LogP contribution in [-0.2, 0) is 9.53 Å². The monoisotopic (exact) mass is 269 g/mol. The summed E-state index contributed by atoms with van der Waals surface area (Å²) in [4.78, 5) is 24.7. The first-order valence-electron chi connectivity index (χ1n) is 5.72. The summed E-state index contributed by atoms with van der Waals surface area (Å²) in [5, 5.41) is 0.372. The van der Waals surface area contributed by atoms with Gasteiger partial charge < -0.3 is 9.64 Å². The van der Waals surface area contributed by atoms with Crippen LogP contribution in [0.25, 0.3) is 0 Å². The smallest absolute Gasteiger partial charge is 0.325 e. The standard InChI is InChI=1S/C13H16ClNO3/c1-3-8-18-12(16)9-15(2)13(17)10-6-4-5-7-11(10)14/h4-7H,3,8-9H2,1-2H3. The van der Waals surface area contributed by atoms with Gasteiger partial charge in [-0.1, -0.05) is 30.7 Å². The van der Waals surface area contributed by atoms with Crippen molar-refractivity contribution >= 4 is 23.5 Å². The van der Waals surface area contributed by atoms with E-state index in [2.05, 4.69) is 0 Å². The minimum atomic E-state index is -0.417. The van der Waals surface area contributed by atoms with Crippen LogP contribution >= 0.6 is 11.6 Å². The third-order valence-corrected chi connectivity index (χ3v) is 2.61. The Morgan fingerprint density at radius 2 is 2.00 bits per heavy atom. The van der Waals surface area contributed by atoms with Gasteiger partial charge in [-0.05, 0) is 18.6 Å². The van der Waals surface area contributed by atoms with E-state index in [1.54, 1.807) is 31.3 Å². The molecule has 0 aliphatic carbocycles. The van der Waals surface area contributed by atoms with Crippen molar-refractivity contribution in [1.29, 1.82) is 0 Å². The molecular formula is C13H16ClNO3. The Morgan fingerprint density at radius 1 is 1.33 bits per heavy atom. The predicted molar refractivity (Wildman–Crippen MR) is 69.7 cm³/mol. The minimum Gasteiger partial charge on any atom is -0.464 e. The molecule has 0 radical (unpaired) electrons. The quantitative estimate of drug-likeness (QED) is 0.771. The van der Waals surface area contributed by atoms with Crippen LogP contribution in [0.5, 0.6) is 0 Å². The van der Waals surface area contributed by atoms with Crippen molar-refractivity contribution in [1.82, 2.24) is 4.90 Å². The maximum Gasteiger partial charge on any atom is 0.325 e. The molecule has 0 aromatic heterocycles. The highest BCUT2D eigenvalue weighted by Crippen LogP contribution is 2.16. The van der Waals surface area contributed by atoms with Crippen molar-refractivity contribution in [2.75, 3.05) is 20.2 Å². The van der Waals surface area contributed by atoms with Crippen LogP contribution in [0, 0.1) is 0 Å². The second-order valence-corrected chi connectivity index (χ2v) is 4.27. The van der Waals surface area contributed by atoms with Gasteiger partial charge in [0.1, 0.15) is 6.54 Å². The van der Waals surface area contributed by atoms with Gasteiger partial charge in [-0.2, -0.15) is 0 Å². The van der Waals surface area contributed by atoms with Gasteiger partial charge in [0.05, 0.1) is 17.2 Å². The number of carbonyl (C=O) groups is 2. The Hall–Kier alpha value is -1.55. The SMILES string of the molecule is CCCOC(=O)CN(C)C(=O)c1ccccc1Cl. The van der Waals surface area contributed by atoms with Crippen molar-refractivity contribution in [3.05, 3.63) is 34.9 Å². The van der Waals surface area contributed by atoms with E-state index in [0.29, 0.717) is 17.2 Å². The van der Waals surface area contributed by atoms with Gasteiger partial charge in [0, 0.05) is 7.05 Å². The van der Waals surface area contributed by atoms with Crippen LogP contribution < -0.4 is 0 Å². The molecule has 0 aliphatic heterocycles. The molecule has 0 saturated carbocycles. The molecule has 0 N–H and O–H groups in total. The largest absolute Gasteiger partial charge is 0.464 e. The molecule has 0 unspecified atom stereocenters. The van der Waals surface area contributed by atoms with Gasteiger partial charge in [-0.15, -0.1) is 0 Å². The highest BCUT2D eigenvalue weighted by molar-refractivity contribution is 6.33. The highest BCUT2D eigenvalue weighted by atomic mass is 35.5. The summed E-state index contributed by atoms with van der Waals surface area (Å²) < 4.78 is 4.91. The van der Waals surface area contributed by atoms with E-state index in [0.717, 1.165) is 6.42 Å². The van der Waals surface area contributed by atoms with Gasteiger partial charge >= 0.3 is 5.97 Å². The topological polar surface area (TPSA) is 46.6 Å². The van der Waals surface area contributed by atoms with Crippen molar-refractivity contribution in [3.63, 3.8) is 0 Å². The molecule has 5 heteroatoms. The first-order valence-corrected chi connectivity index (χ1v) is 6.09. The Balaban J connectivity index is 2.62. The highest BCUT2D eigenvalue weighted by Gasteiger charge is 2.17. The first kappa shape index (κ1) is 14.5. The van der Waals surface area contributed by atoms with Crippen LogP contribution in [0.3, 0.4) is 0 Å². The lowest BCUT2D eigenvalue weighted by Gasteiger charge is -2.16. The fraction of sp³-hybridized carbons (Fsp3) is 0.385. The summed E-state index contributed by atoms with van der Waals surface area (Å²) in [7, 11) is 1.54. The molecule has 0 fully saturated rings. The molecule has 0 spiro atoms. The number of nitrogens with zero attached hydrogens (tertiary/aromatic N) is 1. The summed E-state index contributed by atoms with van der Waals surface area (Å²) in [6.45, 7) is 2.20. The minimum absolute atomic E-state index is 0.0793. The second-order valence-electron chi connectivity index (χ2n) is 3.86. The number of halogens is 1. The molecule has 0 atom stereocenters. The lowest BCUT2D eigenvalue weighted by Crippen LogP contribution is -2.33. The number of ether oxygens (including phenoxy) is 1. The maximum atomic E-state index is 12.0. The van der Waals surface area contributed by atoms with Crippen LogP contribution in [-0.4, -0.2) is 37.0 Å². The van der Waals surface area contributed by atoms with Crippen LogP contribution in [0.1, 0.15) is 23.7 Å². The van der Waals surface area contributed by atoms with Gasteiger partial charge in [0.15, 0.2) is 0 Å². The molecule has 1 aromatic rings. The third-order valence-electron chi connectivity index (χ3n) is 2.28. The molecule has 1 amide bonds. The lowest BCUT2D eigenvalue weighted by atomic mass is 10.2. The maximum absolute atomic E-state index is 12.0. The van der Waals surface area contributed by atoms with Crippen molar-refractivity contribution in [2.45, 2.75) is 13.3 Å². The van der Waals surface area contributed by atoms with E-state index in [9.17, 15) is 9.59 Å². The summed E-state index contributed by atoms with van der Waals surface area (Å²) in [5.74, 6) is -0.714. The van der Waals surface area contributed by atoms with Gasteiger partial charge in [0.25, 0.3) is 5.91 Å². The Bertz CT molecular complexity index is 434. The molecule has 18 heavy (non-hydrogen) atoms. The zero-order valence-corrected chi connectivity index (χ0v) is 11.2. The third kappa shape index (κ3) is 4.04. The van der Waals surface area contributed by atoms with E-state index in [-0.39, 0.29) is 12.5 Å². The fourth-order valence-electron chi connectivity index (χ4n) is 1.37. The van der Waals surface area contributed by atoms with Crippen LogP contribution in [0.2, 0.25) is 5.02 Å². The van der Waals surface area contributed by atoms with Crippen LogP contribution in [0.4, 0.5) is 0 Å². The number of esters is 1. The van der Waals surface area contributed by atoms with Crippen molar-refractivity contribution in [2.24, 2.45) is 0 Å². The average molecular weight is 270 g/mol. The van der Waals surface area contributed by atoms with E-state index in [1.807, 2.05) is 6.92 Å². The molecule has 1 aromatic carbocycles. The Labute approximate surface area is 111 Å². The zero-order valence-electron chi connectivity index (χ0n) is 10.5. The number of amides is 1. The number of carbonyl (C=O) groups excluding carboxylic acids is 2. The number of hydrogen-bond acceptors (Lipinski definition) is 3. The molecule has 4 nitrogen and oxygen atoms in total. The molecule has 1 rings (SSSR count). The lowest BCUT2D eigenvalue weighted by molar-refractivity contribution is -0.144. The van der Waals surface area contributed by atoms with E-state index < -0.39 is 5.97 Å². The zero-order chi connectivity index (χ0) is 13.5. The summed E-state index contributed by atoms with van der Waals surface area (Å²) >= 11 is 5.92. The Morgan fingerprint density at radius 3 is 2.61 bits per heavy atom. The molecule has 0 aliphatic rings. The van der Waals surface area contributed by atoms with E-state index in [1.165, 1.54) is 4.90 Å². The molecule has 0 bridgehead atoms. The number of benzene rings is 1. The summed E-state index contributed by atoms with van der Waals surface area (Å²) in [5.41, 5.74) is 0.380. The number of likely N-dealkylation sites (N-methyl/N-ethyl adjacent to an activating group) is 1. The molecule has 98 valence electrons. The summed E-state index contributed by atoms with van der Waals surface area (Å²) in [6, 6.07) is 6.73. The fourth-order valence-corrected chi connectivity index (χ4v) is 1.58. The number of hydrogen-bond donors (Lipinski definition) is 0. The first-order chi connectivity index (χ1) is 8.56. The van der Waals surface area contributed by atoms with Gasteiger partial charge in [-0.25, -0.2) is 0 Å².